The summed E-state index contributed by atoms with van der Waals surface area (Å²) in [4.78, 5) is 11.7. The van der Waals surface area contributed by atoms with Crippen molar-refractivity contribution in [2.45, 2.75) is 10.1 Å². The first-order valence-corrected chi connectivity index (χ1v) is 6.80. The molecule has 0 aromatic heterocycles. The zero-order valence-corrected chi connectivity index (χ0v) is 10.8. The number of rotatable bonds is 2. The molecule has 0 N–H and O–H groups in total. The molecule has 0 aliphatic carbocycles. The normalized spacial score (nSPS) is 16.9. The summed E-state index contributed by atoms with van der Waals surface area (Å²) in [6, 6.07) is 15.0. The van der Waals surface area contributed by atoms with Crippen LogP contribution in [0.1, 0.15) is 16.4 Å². The molecule has 1 atom stereocenters. The van der Waals surface area contributed by atoms with Gasteiger partial charge in [0.15, 0.2) is 0 Å². The monoisotopic (exact) mass is 269 g/mol. The summed E-state index contributed by atoms with van der Waals surface area (Å²) in [5.41, 5.74) is 2.31. The molecular weight excluding hydrogens is 258 g/mol. The van der Waals surface area contributed by atoms with E-state index in [0.29, 0.717) is 0 Å². The van der Waals surface area contributed by atoms with Crippen LogP contribution in [0.2, 0.25) is 0 Å². The largest absolute Gasteiger partial charge is 0.269 e. The van der Waals surface area contributed by atoms with E-state index in [1.165, 1.54) is 16.5 Å². The van der Waals surface area contributed by atoms with Gasteiger partial charge in [-0.15, -0.1) is 11.8 Å². The van der Waals surface area contributed by atoms with Gasteiger partial charge in [0.2, 0.25) is 0 Å². The van der Waals surface area contributed by atoms with Crippen molar-refractivity contribution in [2.75, 3.05) is 0 Å². The van der Waals surface area contributed by atoms with Gasteiger partial charge in [0.25, 0.3) is 5.69 Å². The van der Waals surface area contributed by atoms with Crippen molar-refractivity contribution in [1.29, 1.82) is 0 Å². The molecule has 0 spiro atoms. The molecule has 19 heavy (non-hydrogen) atoms. The third kappa shape index (κ3) is 2.39. The molecule has 0 unspecified atom stereocenters. The summed E-state index contributed by atoms with van der Waals surface area (Å²) in [6.07, 6.45) is 4.17. The smallest absolute Gasteiger partial charge is 0.258 e. The fourth-order valence-corrected chi connectivity index (χ4v) is 3.23. The number of hydrogen-bond donors (Lipinski definition) is 0. The Morgan fingerprint density at radius 2 is 1.95 bits per heavy atom. The number of benzene rings is 2. The number of nitrogens with zero attached hydrogens (tertiary/aromatic N) is 1. The average Bonchev–Trinajstić information content (AvgIpc) is 2.47. The van der Waals surface area contributed by atoms with Crippen LogP contribution in [0.25, 0.3) is 6.08 Å². The SMILES string of the molecule is O=[N+]([O-])c1cccc([C@H]2C=Cc3ccccc3S2)c1. The molecule has 1 heterocycles. The highest BCUT2D eigenvalue weighted by atomic mass is 32.2. The lowest BCUT2D eigenvalue weighted by Gasteiger charge is -2.18. The number of hydrogen-bond acceptors (Lipinski definition) is 3. The molecule has 2 aromatic carbocycles. The van der Waals surface area contributed by atoms with Crippen LogP contribution in [0.5, 0.6) is 0 Å². The van der Waals surface area contributed by atoms with Gasteiger partial charge in [-0.3, -0.25) is 10.1 Å². The summed E-state index contributed by atoms with van der Waals surface area (Å²) in [6.45, 7) is 0. The van der Waals surface area contributed by atoms with E-state index in [9.17, 15) is 10.1 Å². The maximum atomic E-state index is 10.8. The summed E-state index contributed by atoms with van der Waals surface area (Å²) in [7, 11) is 0. The van der Waals surface area contributed by atoms with Gasteiger partial charge in [0.05, 0.1) is 10.2 Å². The summed E-state index contributed by atoms with van der Waals surface area (Å²) < 4.78 is 0. The number of non-ortho nitro benzene ring substituents is 1. The molecule has 3 nitrogen and oxygen atoms in total. The van der Waals surface area contributed by atoms with Crippen molar-refractivity contribution in [2.24, 2.45) is 0 Å². The quantitative estimate of drug-likeness (QED) is 0.597. The predicted molar refractivity (Wildman–Crippen MR) is 77.2 cm³/mol. The molecule has 2 aromatic rings. The fraction of sp³-hybridized carbons (Fsp3) is 0.0667. The van der Waals surface area contributed by atoms with Crippen molar-refractivity contribution in [1.82, 2.24) is 0 Å². The van der Waals surface area contributed by atoms with Crippen molar-refractivity contribution in [3.8, 4) is 0 Å². The van der Waals surface area contributed by atoms with Gasteiger partial charge in [-0.05, 0) is 17.2 Å². The standard InChI is InChI=1S/C15H11NO2S/c17-16(18)13-6-3-5-12(10-13)15-9-8-11-4-1-2-7-14(11)19-15/h1-10,15H/t15-/m1/s1. The number of nitro groups is 1. The van der Waals surface area contributed by atoms with E-state index in [2.05, 4.69) is 24.3 Å². The van der Waals surface area contributed by atoms with Crippen molar-refractivity contribution in [3.05, 3.63) is 75.8 Å². The molecule has 0 saturated heterocycles. The van der Waals surface area contributed by atoms with Crippen molar-refractivity contribution >= 4 is 23.5 Å². The Balaban J connectivity index is 1.93. The zero-order chi connectivity index (χ0) is 13.2. The van der Waals surface area contributed by atoms with E-state index in [1.54, 1.807) is 23.9 Å². The van der Waals surface area contributed by atoms with Gasteiger partial charge < -0.3 is 0 Å². The van der Waals surface area contributed by atoms with Gasteiger partial charge in [-0.2, -0.15) is 0 Å². The first-order valence-electron chi connectivity index (χ1n) is 5.92. The second-order valence-corrected chi connectivity index (χ2v) is 5.47. The van der Waals surface area contributed by atoms with Crippen molar-refractivity contribution < 1.29 is 4.92 Å². The highest BCUT2D eigenvalue weighted by Crippen LogP contribution is 2.42. The van der Waals surface area contributed by atoms with Crippen molar-refractivity contribution in [3.63, 3.8) is 0 Å². The van der Waals surface area contributed by atoms with Crippen LogP contribution in [-0.2, 0) is 0 Å². The first-order chi connectivity index (χ1) is 9.24. The number of fused-ring (bicyclic) bond motifs is 1. The highest BCUT2D eigenvalue weighted by Gasteiger charge is 2.17. The van der Waals surface area contributed by atoms with Crippen LogP contribution in [0.15, 0.2) is 59.5 Å². The number of thioether (sulfide) groups is 1. The van der Waals surface area contributed by atoms with Crippen LogP contribution in [0, 0.1) is 10.1 Å². The van der Waals surface area contributed by atoms with Gasteiger partial charge >= 0.3 is 0 Å². The molecule has 4 heteroatoms. The van der Waals surface area contributed by atoms with Crippen LogP contribution in [-0.4, -0.2) is 4.92 Å². The molecular formula is C15H11NO2S. The van der Waals surface area contributed by atoms with E-state index in [1.807, 2.05) is 18.2 Å². The zero-order valence-electron chi connectivity index (χ0n) is 10.0. The maximum Gasteiger partial charge on any atom is 0.269 e. The second-order valence-electron chi connectivity index (χ2n) is 4.29. The lowest BCUT2D eigenvalue weighted by atomic mass is 10.1. The Hall–Kier alpha value is -2.07. The number of nitro benzene ring substituents is 1. The fourth-order valence-electron chi connectivity index (χ4n) is 2.09. The maximum absolute atomic E-state index is 10.8. The minimum absolute atomic E-state index is 0.134. The molecule has 3 rings (SSSR count). The predicted octanol–water partition coefficient (Wildman–Crippen LogP) is 4.46. The Bertz CT molecular complexity index is 667. The third-order valence-corrected chi connectivity index (χ3v) is 4.34. The third-order valence-electron chi connectivity index (χ3n) is 3.03. The van der Waals surface area contributed by atoms with Gasteiger partial charge in [0, 0.05) is 17.0 Å². The van der Waals surface area contributed by atoms with Crippen LogP contribution in [0.4, 0.5) is 5.69 Å². The molecule has 1 aliphatic heterocycles. The van der Waals surface area contributed by atoms with E-state index in [-0.39, 0.29) is 15.9 Å². The summed E-state index contributed by atoms with van der Waals surface area (Å²) in [5.74, 6) is 0. The molecule has 0 bridgehead atoms. The first kappa shape index (κ1) is 12.0. The lowest BCUT2D eigenvalue weighted by Crippen LogP contribution is -1.97. The Morgan fingerprint density at radius 1 is 1.11 bits per heavy atom. The molecule has 0 amide bonds. The van der Waals surface area contributed by atoms with E-state index in [4.69, 9.17) is 0 Å². The Labute approximate surface area is 115 Å². The average molecular weight is 269 g/mol. The van der Waals surface area contributed by atoms with E-state index in [0.717, 1.165) is 5.56 Å². The molecule has 0 radical (unpaired) electrons. The molecule has 1 aliphatic rings. The van der Waals surface area contributed by atoms with E-state index < -0.39 is 0 Å². The summed E-state index contributed by atoms with van der Waals surface area (Å²) in [5, 5.41) is 10.9. The Kier molecular flexibility index (Phi) is 3.09. The van der Waals surface area contributed by atoms with Crippen LogP contribution < -0.4 is 0 Å². The Morgan fingerprint density at radius 3 is 2.79 bits per heavy atom. The van der Waals surface area contributed by atoms with Gasteiger partial charge in [-0.1, -0.05) is 42.5 Å². The topological polar surface area (TPSA) is 43.1 Å². The van der Waals surface area contributed by atoms with Gasteiger partial charge in [-0.25, -0.2) is 0 Å². The molecule has 0 fully saturated rings. The second kappa shape index (κ2) is 4.90. The van der Waals surface area contributed by atoms with Crippen LogP contribution >= 0.6 is 11.8 Å². The minimum atomic E-state index is -0.353. The van der Waals surface area contributed by atoms with E-state index >= 15 is 0 Å². The summed E-state index contributed by atoms with van der Waals surface area (Å²) >= 11 is 1.72. The minimum Gasteiger partial charge on any atom is -0.258 e. The van der Waals surface area contributed by atoms with Gasteiger partial charge in [0.1, 0.15) is 0 Å². The lowest BCUT2D eigenvalue weighted by molar-refractivity contribution is -0.384. The molecule has 94 valence electrons. The van der Waals surface area contributed by atoms with Crippen LogP contribution in [0.3, 0.4) is 0 Å². The molecule has 0 saturated carbocycles. The highest BCUT2D eigenvalue weighted by molar-refractivity contribution is 7.99.